The lowest BCUT2D eigenvalue weighted by Crippen LogP contribution is -2.41. The van der Waals surface area contributed by atoms with Crippen molar-refractivity contribution in [2.45, 2.75) is 19.3 Å². The summed E-state index contributed by atoms with van der Waals surface area (Å²) in [6, 6.07) is 9.01. The Morgan fingerprint density at radius 3 is 2.56 bits per heavy atom. The maximum atomic E-state index is 12.7. The molecule has 3 rings (SSSR count). The van der Waals surface area contributed by atoms with E-state index >= 15 is 0 Å². The number of nitrogens with zero attached hydrogens (tertiary/aromatic N) is 2. The van der Waals surface area contributed by atoms with Gasteiger partial charge in [-0.1, -0.05) is 0 Å². The molecule has 0 unspecified atom stereocenters. The molecule has 142 valence electrons. The fraction of sp³-hybridized carbons (Fsp3) is 0.381. The fourth-order valence-electron chi connectivity index (χ4n) is 3.43. The molecule has 1 aliphatic rings. The van der Waals surface area contributed by atoms with Crippen LogP contribution in [0.1, 0.15) is 28.8 Å². The minimum atomic E-state index is -0.0513. The van der Waals surface area contributed by atoms with E-state index in [4.69, 9.17) is 9.47 Å². The molecule has 0 aliphatic carbocycles. The van der Waals surface area contributed by atoms with Crippen molar-refractivity contribution in [1.82, 2.24) is 9.88 Å². The van der Waals surface area contributed by atoms with Crippen LogP contribution in [0, 0.1) is 5.92 Å². The second-order valence-corrected chi connectivity index (χ2v) is 6.62. The van der Waals surface area contributed by atoms with Gasteiger partial charge in [0.2, 0.25) is 5.91 Å². The van der Waals surface area contributed by atoms with Crippen molar-refractivity contribution in [1.29, 1.82) is 0 Å². The van der Waals surface area contributed by atoms with E-state index in [9.17, 15) is 9.59 Å². The van der Waals surface area contributed by atoms with Crippen LogP contribution in [0.2, 0.25) is 0 Å². The van der Waals surface area contributed by atoms with Gasteiger partial charge < -0.3 is 14.4 Å². The van der Waals surface area contributed by atoms with E-state index in [0.29, 0.717) is 43.0 Å². The first-order valence-electron chi connectivity index (χ1n) is 9.05. The summed E-state index contributed by atoms with van der Waals surface area (Å²) in [5.74, 6) is 1.47. The molecule has 2 aromatic rings. The van der Waals surface area contributed by atoms with Crippen LogP contribution in [0.5, 0.6) is 11.5 Å². The van der Waals surface area contributed by atoms with Gasteiger partial charge in [-0.15, -0.1) is 0 Å². The molecule has 1 aromatic carbocycles. The van der Waals surface area contributed by atoms with Gasteiger partial charge in [-0.3, -0.25) is 14.6 Å². The summed E-state index contributed by atoms with van der Waals surface area (Å²) in [6.07, 6.45) is 4.87. The van der Waals surface area contributed by atoms with Crippen LogP contribution in [0.4, 0.5) is 0 Å². The topological polar surface area (TPSA) is 68.7 Å². The largest absolute Gasteiger partial charge is 0.497 e. The summed E-state index contributed by atoms with van der Waals surface area (Å²) in [7, 11) is 3.18. The van der Waals surface area contributed by atoms with Gasteiger partial charge in [-0.05, 0) is 43.2 Å². The molecule has 1 fully saturated rings. The van der Waals surface area contributed by atoms with Crippen molar-refractivity contribution in [2.24, 2.45) is 5.92 Å². The first-order valence-corrected chi connectivity index (χ1v) is 9.05. The normalized spacial score (nSPS) is 14.7. The number of Topliss-reactive ketones (excluding diaryl/α,β-unsaturated/α-hetero) is 1. The number of carbonyl (C=O) groups is 2. The Hall–Kier alpha value is -2.89. The number of likely N-dealkylation sites (tertiary alicyclic amines) is 1. The van der Waals surface area contributed by atoms with Gasteiger partial charge in [0, 0.05) is 42.5 Å². The average Bonchev–Trinajstić information content (AvgIpc) is 2.73. The third-order valence-corrected chi connectivity index (χ3v) is 4.99. The summed E-state index contributed by atoms with van der Waals surface area (Å²) in [6.45, 7) is 1.17. The maximum Gasteiger partial charge on any atom is 0.227 e. The highest BCUT2D eigenvalue weighted by Crippen LogP contribution is 2.26. The smallest absolute Gasteiger partial charge is 0.227 e. The zero-order valence-corrected chi connectivity index (χ0v) is 15.7. The minimum Gasteiger partial charge on any atom is -0.497 e. The van der Waals surface area contributed by atoms with Crippen molar-refractivity contribution < 1.29 is 19.1 Å². The molecule has 2 heterocycles. The lowest BCUT2D eigenvalue weighted by atomic mass is 9.89. The maximum absolute atomic E-state index is 12.7. The first-order chi connectivity index (χ1) is 13.1. The van der Waals surface area contributed by atoms with Gasteiger partial charge in [-0.25, -0.2) is 0 Å². The molecule has 0 atom stereocenters. The van der Waals surface area contributed by atoms with Gasteiger partial charge in [0.25, 0.3) is 0 Å². The molecule has 0 radical (unpaired) electrons. The highest BCUT2D eigenvalue weighted by atomic mass is 16.5. The van der Waals surface area contributed by atoms with Crippen LogP contribution in [-0.2, 0) is 11.2 Å². The second kappa shape index (κ2) is 8.66. The van der Waals surface area contributed by atoms with E-state index in [1.165, 1.54) is 0 Å². The number of ether oxygens (including phenoxy) is 2. The highest BCUT2D eigenvalue weighted by Gasteiger charge is 2.28. The third-order valence-electron chi connectivity index (χ3n) is 4.99. The lowest BCUT2D eigenvalue weighted by Gasteiger charge is -2.31. The van der Waals surface area contributed by atoms with Gasteiger partial charge in [0.15, 0.2) is 5.78 Å². The Labute approximate surface area is 159 Å². The van der Waals surface area contributed by atoms with Gasteiger partial charge in [0.05, 0.1) is 20.6 Å². The molecule has 0 saturated carbocycles. The van der Waals surface area contributed by atoms with Crippen molar-refractivity contribution in [3.8, 4) is 11.5 Å². The summed E-state index contributed by atoms with van der Waals surface area (Å²) in [4.78, 5) is 31.1. The molecule has 0 spiro atoms. The standard InChI is InChI=1S/C21H24N2O4/c1-26-18-5-6-19(27-2)17(12-18)13-20(24)23-10-7-15(8-11-23)21(25)16-4-3-9-22-14-16/h3-6,9,12,14-15H,7-8,10-11,13H2,1-2H3. The number of carbonyl (C=O) groups excluding carboxylic acids is 2. The summed E-state index contributed by atoms with van der Waals surface area (Å²) < 4.78 is 10.6. The van der Waals surface area contributed by atoms with Crippen molar-refractivity contribution >= 4 is 11.7 Å². The predicted octanol–water partition coefficient (Wildman–Crippen LogP) is 2.76. The van der Waals surface area contributed by atoms with E-state index in [0.717, 1.165) is 5.56 Å². The lowest BCUT2D eigenvalue weighted by molar-refractivity contribution is -0.131. The zero-order valence-electron chi connectivity index (χ0n) is 15.7. The molecule has 1 aromatic heterocycles. The van der Waals surface area contributed by atoms with Crippen molar-refractivity contribution in [3.63, 3.8) is 0 Å². The summed E-state index contributed by atoms with van der Waals surface area (Å²) in [5, 5.41) is 0. The molecular weight excluding hydrogens is 344 g/mol. The Morgan fingerprint density at radius 2 is 1.93 bits per heavy atom. The molecule has 1 amide bonds. The number of amides is 1. The zero-order chi connectivity index (χ0) is 19.2. The Balaban J connectivity index is 1.60. The molecule has 0 bridgehead atoms. The van der Waals surface area contributed by atoms with Gasteiger partial charge in [0.1, 0.15) is 11.5 Å². The monoisotopic (exact) mass is 368 g/mol. The number of rotatable bonds is 6. The van der Waals surface area contributed by atoms with Crippen LogP contribution < -0.4 is 9.47 Å². The number of benzene rings is 1. The summed E-state index contributed by atoms with van der Waals surface area (Å²) in [5.41, 5.74) is 1.44. The third kappa shape index (κ3) is 4.45. The van der Waals surface area contributed by atoms with Gasteiger partial charge in [-0.2, -0.15) is 0 Å². The van der Waals surface area contributed by atoms with Crippen molar-refractivity contribution in [3.05, 3.63) is 53.9 Å². The highest BCUT2D eigenvalue weighted by molar-refractivity contribution is 5.97. The summed E-state index contributed by atoms with van der Waals surface area (Å²) >= 11 is 0. The van der Waals surface area contributed by atoms with Crippen LogP contribution in [0.25, 0.3) is 0 Å². The fourth-order valence-corrected chi connectivity index (χ4v) is 3.43. The molecule has 1 aliphatic heterocycles. The van der Waals surface area contributed by atoms with Crippen LogP contribution in [0.15, 0.2) is 42.7 Å². The molecule has 27 heavy (non-hydrogen) atoms. The number of pyridine rings is 1. The van der Waals surface area contributed by atoms with E-state index in [1.807, 2.05) is 17.0 Å². The average molecular weight is 368 g/mol. The first kappa shape index (κ1) is 18.9. The SMILES string of the molecule is COc1ccc(OC)c(CC(=O)N2CCC(C(=O)c3cccnc3)CC2)c1. The second-order valence-electron chi connectivity index (χ2n) is 6.62. The minimum absolute atomic E-state index is 0.0360. The van der Waals surface area contributed by atoms with Crippen LogP contribution in [-0.4, -0.2) is 48.9 Å². The molecule has 6 heteroatoms. The van der Waals surface area contributed by atoms with Crippen LogP contribution >= 0.6 is 0 Å². The molecule has 6 nitrogen and oxygen atoms in total. The Bertz CT molecular complexity index is 799. The quantitative estimate of drug-likeness (QED) is 0.734. The number of hydrogen-bond donors (Lipinski definition) is 0. The Kier molecular flexibility index (Phi) is 6.06. The van der Waals surface area contributed by atoms with E-state index < -0.39 is 0 Å². The Morgan fingerprint density at radius 1 is 1.15 bits per heavy atom. The number of hydrogen-bond acceptors (Lipinski definition) is 5. The number of aromatic nitrogens is 1. The van der Waals surface area contributed by atoms with E-state index in [1.54, 1.807) is 44.8 Å². The number of ketones is 1. The number of piperidine rings is 1. The molecule has 0 N–H and O–H groups in total. The van der Waals surface area contributed by atoms with E-state index in [2.05, 4.69) is 4.98 Å². The molecule has 1 saturated heterocycles. The molecular formula is C21H24N2O4. The van der Waals surface area contributed by atoms with Crippen LogP contribution in [0.3, 0.4) is 0 Å². The van der Waals surface area contributed by atoms with Crippen molar-refractivity contribution in [2.75, 3.05) is 27.3 Å². The van der Waals surface area contributed by atoms with Gasteiger partial charge >= 0.3 is 0 Å². The number of methoxy groups -OCH3 is 2. The predicted molar refractivity (Wildman–Crippen MR) is 101 cm³/mol. The van der Waals surface area contributed by atoms with E-state index in [-0.39, 0.29) is 24.0 Å².